The average molecular weight is 248 g/mol. The Balaban J connectivity index is 2.31. The fourth-order valence-corrected chi connectivity index (χ4v) is 2.47. The van der Waals surface area contributed by atoms with Gasteiger partial charge >= 0.3 is 0 Å². The Labute approximate surface area is 110 Å². The van der Waals surface area contributed by atoms with Gasteiger partial charge in [-0.2, -0.15) is 4.98 Å². The molecule has 1 saturated heterocycles. The van der Waals surface area contributed by atoms with Crippen molar-refractivity contribution in [1.82, 2.24) is 9.97 Å². The van der Waals surface area contributed by atoms with Crippen LogP contribution in [0.15, 0.2) is 0 Å². The first-order chi connectivity index (χ1) is 8.76. The van der Waals surface area contributed by atoms with Crippen LogP contribution in [0.4, 0.5) is 11.8 Å². The van der Waals surface area contributed by atoms with Gasteiger partial charge in [-0.3, -0.25) is 0 Å². The number of rotatable bonds is 4. The maximum Gasteiger partial charge on any atom is 0.227 e. The minimum atomic E-state index is 0.903. The first-order valence-corrected chi connectivity index (χ1v) is 7.12. The molecule has 0 radical (unpaired) electrons. The van der Waals surface area contributed by atoms with Crippen molar-refractivity contribution in [2.75, 3.05) is 29.9 Å². The van der Waals surface area contributed by atoms with Crippen LogP contribution in [0.1, 0.15) is 44.4 Å². The van der Waals surface area contributed by atoms with Gasteiger partial charge in [0.1, 0.15) is 5.82 Å². The minimum Gasteiger partial charge on any atom is -0.370 e. The molecule has 0 spiro atoms. The number of hydrogen-bond donors (Lipinski definition) is 1. The van der Waals surface area contributed by atoms with Crippen LogP contribution in [0, 0.1) is 6.92 Å². The lowest BCUT2D eigenvalue weighted by Crippen LogP contribution is -2.31. The summed E-state index contributed by atoms with van der Waals surface area (Å²) in [6, 6.07) is 0. The van der Waals surface area contributed by atoms with Crippen LogP contribution in [0.5, 0.6) is 0 Å². The van der Waals surface area contributed by atoms with Crippen molar-refractivity contribution in [2.45, 2.75) is 46.5 Å². The van der Waals surface area contributed by atoms with E-state index in [1.165, 1.54) is 30.5 Å². The number of aryl methyl sites for hydroxylation is 1. The molecule has 1 aliphatic rings. The van der Waals surface area contributed by atoms with E-state index in [0.717, 1.165) is 37.8 Å². The Morgan fingerprint density at radius 3 is 2.44 bits per heavy atom. The van der Waals surface area contributed by atoms with Crippen molar-refractivity contribution >= 4 is 11.8 Å². The lowest BCUT2D eigenvalue weighted by atomic mass is 10.1. The van der Waals surface area contributed by atoms with Gasteiger partial charge in [-0.05, 0) is 39.5 Å². The van der Waals surface area contributed by atoms with Crippen molar-refractivity contribution in [3.05, 3.63) is 11.3 Å². The lowest BCUT2D eigenvalue weighted by Gasteiger charge is -2.27. The highest BCUT2D eigenvalue weighted by Crippen LogP contribution is 2.22. The summed E-state index contributed by atoms with van der Waals surface area (Å²) in [6.07, 6.45) is 4.82. The van der Waals surface area contributed by atoms with Crippen LogP contribution in [0.2, 0.25) is 0 Å². The van der Waals surface area contributed by atoms with Gasteiger partial charge in [-0.25, -0.2) is 4.98 Å². The topological polar surface area (TPSA) is 41.1 Å². The van der Waals surface area contributed by atoms with Crippen molar-refractivity contribution in [2.24, 2.45) is 0 Å². The summed E-state index contributed by atoms with van der Waals surface area (Å²) in [6.45, 7) is 9.46. The Hall–Kier alpha value is -1.32. The van der Waals surface area contributed by atoms with Gasteiger partial charge in [0.25, 0.3) is 0 Å². The molecule has 0 amide bonds. The molecule has 1 aliphatic heterocycles. The van der Waals surface area contributed by atoms with E-state index >= 15 is 0 Å². The first kappa shape index (κ1) is 13.1. The van der Waals surface area contributed by atoms with Crippen LogP contribution >= 0.6 is 0 Å². The molecule has 0 unspecified atom stereocenters. The van der Waals surface area contributed by atoms with Crippen LogP contribution in [0.3, 0.4) is 0 Å². The Morgan fingerprint density at radius 2 is 1.83 bits per heavy atom. The summed E-state index contributed by atoms with van der Waals surface area (Å²) < 4.78 is 0. The number of anilines is 2. The minimum absolute atomic E-state index is 0.903. The predicted molar refractivity (Wildman–Crippen MR) is 76.4 cm³/mol. The molecule has 2 heterocycles. The second-order valence-electron chi connectivity index (χ2n) is 4.88. The predicted octanol–water partition coefficient (Wildman–Crippen LogP) is 2.77. The highest BCUT2D eigenvalue weighted by Gasteiger charge is 2.16. The molecule has 2 rings (SSSR count). The number of aromatic nitrogens is 2. The van der Waals surface area contributed by atoms with Crippen LogP contribution in [-0.2, 0) is 6.42 Å². The van der Waals surface area contributed by atoms with Gasteiger partial charge < -0.3 is 10.2 Å². The fraction of sp³-hybridized carbons (Fsp3) is 0.714. The Bertz CT molecular complexity index is 397. The third-order valence-corrected chi connectivity index (χ3v) is 3.55. The van der Waals surface area contributed by atoms with E-state index in [9.17, 15) is 0 Å². The lowest BCUT2D eigenvalue weighted by molar-refractivity contribution is 0.567. The smallest absolute Gasteiger partial charge is 0.227 e. The van der Waals surface area contributed by atoms with Crippen LogP contribution < -0.4 is 10.2 Å². The number of nitrogens with one attached hydrogen (secondary N) is 1. The Kier molecular flexibility index (Phi) is 4.39. The van der Waals surface area contributed by atoms with Crippen molar-refractivity contribution in [3.63, 3.8) is 0 Å². The summed E-state index contributed by atoms with van der Waals surface area (Å²) >= 11 is 0. The zero-order chi connectivity index (χ0) is 13.0. The molecule has 18 heavy (non-hydrogen) atoms. The third-order valence-electron chi connectivity index (χ3n) is 3.55. The number of nitrogens with zero attached hydrogens (tertiary/aromatic N) is 3. The third kappa shape index (κ3) is 2.74. The zero-order valence-corrected chi connectivity index (χ0v) is 11.8. The largest absolute Gasteiger partial charge is 0.370 e. The molecule has 0 atom stereocenters. The van der Waals surface area contributed by atoms with Gasteiger partial charge in [0, 0.05) is 25.2 Å². The zero-order valence-electron chi connectivity index (χ0n) is 11.8. The van der Waals surface area contributed by atoms with Gasteiger partial charge in [0.15, 0.2) is 0 Å². The molecular weight excluding hydrogens is 224 g/mol. The molecule has 0 aromatic carbocycles. The highest BCUT2D eigenvalue weighted by molar-refractivity contribution is 5.50. The van der Waals surface area contributed by atoms with E-state index < -0.39 is 0 Å². The van der Waals surface area contributed by atoms with Crippen molar-refractivity contribution in [3.8, 4) is 0 Å². The van der Waals surface area contributed by atoms with Gasteiger partial charge in [0.05, 0.1) is 5.69 Å². The fourth-order valence-electron chi connectivity index (χ4n) is 2.47. The SMILES string of the molecule is CCNc1nc(N2CCCCC2)nc(CC)c1C. The maximum atomic E-state index is 4.73. The van der Waals surface area contributed by atoms with Gasteiger partial charge in [-0.1, -0.05) is 6.92 Å². The molecule has 100 valence electrons. The number of piperidine rings is 1. The average Bonchev–Trinajstić information content (AvgIpc) is 2.42. The van der Waals surface area contributed by atoms with E-state index in [1.54, 1.807) is 0 Å². The highest BCUT2D eigenvalue weighted by atomic mass is 15.3. The molecule has 0 bridgehead atoms. The molecular formula is C14H24N4. The normalized spacial score (nSPS) is 15.8. The summed E-state index contributed by atoms with van der Waals surface area (Å²) in [5.74, 6) is 1.91. The molecule has 4 heteroatoms. The molecule has 1 aromatic rings. The summed E-state index contributed by atoms with van der Waals surface area (Å²) in [7, 11) is 0. The molecule has 0 saturated carbocycles. The van der Waals surface area contributed by atoms with Crippen molar-refractivity contribution < 1.29 is 0 Å². The molecule has 1 N–H and O–H groups in total. The summed E-state index contributed by atoms with van der Waals surface area (Å²) in [5.41, 5.74) is 2.36. The van der Waals surface area contributed by atoms with Gasteiger partial charge in [-0.15, -0.1) is 0 Å². The second-order valence-corrected chi connectivity index (χ2v) is 4.88. The van der Waals surface area contributed by atoms with Crippen LogP contribution in [-0.4, -0.2) is 29.6 Å². The van der Waals surface area contributed by atoms with E-state index in [1.807, 2.05) is 0 Å². The van der Waals surface area contributed by atoms with Crippen molar-refractivity contribution in [1.29, 1.82) is 0 Å². The molecule has 1 aromatic heterocycles. The van der Waals surface area contributed by atoms with E-state index in [4.69, 9.17) is 9.97 Å². The molecule has 1 fully saturated rings. The molecule has 4 nitrogen and oxygen atoms in total. The summed E-state index contributed by atoms with van der Waals surface area (Å²) in [4.78, 5) is 11.8. The first-order valence-electron chi connectivity index (χ1n) is 7.12. The number of hydrogen-bond acceptors (Lipinski definition) is 4. The maximum absolute atomic E-state index is 4.73. The second kappa shape index (κ2) is 6.03. The standard InChI is InChI=1S/C14H24N4/c1-4-12-11(3)13(15-5-2)17-14(16-12)18-9-7-6-8-10-18/h4-10H2,1-3H3,(H,15,16,17). The van der Waals surface area contributed by atoms with Gasteiger partial charge in [0.2, 0.25) is 5.95 Å². The van der Waals surface area contributed by atoms with Crippen LogP contribution in [0.25, 0.3) is 0 Å². The van der Waals surface area contributed by atoms with E-state index in [-0.39, 0.29) is 0 Å². The molecule has 0 aliphatic carbocycles. The van der Waals surface area contributed by atoms with E-state index in [2.05, 4.69) is 31.0 Å². The summed E-state index contributed by atoms with van der Waals surface area (Å²) in [5, 5.41) is 3.35. The Morgan fingerprint density at radius 1 is 1.11 bits per heavy atom. The van der Waals surface area contributed by atoms with E-state index in [0.29, 0.717) is 0 Å². The monoisotopic (exact) mass is 248 g/mol. The quantitative estimate of drug-likeness (QED) is 0.889.